The van der Waals surface area contributed by atoms with Crippen molar-refractivity contribution in [3.05, 3.63) is 0 Å². The zero-order valence-corrected chi connectivity index (χ0v) is 5.19. The van der Waals surface area contributed by atoms with Crippen LogP contribution < -0.4 is 5.32 Å². The highest BCUT2D eigenvalue weighted by molar-refractivity contribution is 4.99. The van der Waals surface area contributed by atoms with Crippen molar-refractivity contribution in [2.75, 3.05) is 26.3 Å². The summed E-state index contributed by atoms with van der Waals surface area (Å²) < 4.78 is 18.3. The molecular weight excluding hydrogens is 121 g/mol. The van der Waals surface area contributed by atoms with Crippen molar-refractivity contribution in [1.82, 2.24) is 5.32 Å². The van der Waals surface area contributed by atoms with Crippen LogP contribution in [0.25, 0.3) is 0 Å². The second kappa shape index (κ2) is 1.67. The van der Waals surface area contributed by atoms with Gasteiger partial charge in [0.25, 0.3) is 0 Å². The normalized spacial score (nSPS) is 49.7. The summed E-state index contributed by atoms with van der Waals surface area (Å²) in [5.41, 5.74) is -1.03. The molecule has 0 saturated carbocycles. The first-order chi connectivity index (χ1) is 4.31. The Hall–Kier alpha value is -0.150. The van der Waals surface area contributed by atoms with Crippen molar-refractivity contribution in [2.45, 2.75) is 5.67 Å². The minimum absolute atomic E-state index is 0.123. The Morgan fingerprint density at radius 1 is 1.67 bits per heavy atom. The highest BCUT2D eigenvalue weighted by Crippen LogP contribution is 2.32. The third-order valence-corrected chi connectivity index (χ3v) is 2.20. The first kappa shape index (κ1) is 5.62. The smallest absolute Gasteiger partial charge is 0.152 e. The Morgan fingerprint density at radius 3 is 3.33 bits per heavy atom. The van der Waals surface area contributed by atoms with Gasteiger partial charge in [-0.1, -0.05) is 0 Å². The summed E-state index contributed by atoms with van der Waals surface area (Å²) >= 11 is 0. The predicted octanol–water partition coefficient (Wildman–Crippen LogP) is -0.0557. The zero-order valence-electron chi connectivity index (χ0n) is 5.19. The Kier molecular flexibility index (Phi) is 1.04. The van der Waals surface area contributed by atoms with Gasteiger partial charge < -0.3 is 10.1 Å². The standard InChI is InChI=1S/C6H10FNO/c7-6-3-8-1-5(6)2-9-4-6/h5,8H,1-4H2. The number of halogens is 1. The maximum Gasteiger partial charge on any atom is 0.152 e. The van der Waals surface area contributed by atoms with E-state index in [9.17, 15) is 4.39 Å². The molecule has 0 aromatic carbocycles. The maximum atomic E-state index is 13.3. The van der Waals surface area contributed by atoms with E-state index < -0.39 is 5.67 Å². The summed E-state index contributed by atoms with van der Waals surface area (Å²) in [4.78, 5) is 0. The number of ether oxygens (including phenoxy) is 1. The number of hydrogen-bond acceptors (Lipinski definition) is 2. The zero-order chi connectivity index (χ0) is 6.32. The van der Waals surface area contributed by atoms with Crippen LogP contribution in [-0.2, 0) is 4.74 Å². The SMILES string of the molecule is FC12CNCC1COC2. The molecule has 2 aliphatic rings. The molecule has 52 valence electrons. The number of fused-ring (bicyclic) bond motifs is 1. The van der Waals surface area contributed by atoms with Crippen molar-refractivity contribution < 1.29 is 9.13 Å². The molecule has 0 aliphatic carbocycles. The van der Waals surface area contributed by atoms with Gasteiger partial charge in [-0.15, -0.1) is 0 Å². The second-order valence-electron chi connectivity index (χ2n) is 2.88. The van der Waals surface area contributed by atoms with Gasteiger partial charge in [-0.2, -0.15) is 0 Å². The lowest BCUT2D eigenvalue weighted by molar-refractivity contribution is 0.117. The topological polar surface area (TPSA) is 21.3 Å². The Bertz CT molecular complexity index is 118. The fraction of sp³-hybridized carbons (Fsp3) is 1.00. The van der Waals surface area contributed by atoms with E-state index in [1.54, 1.807) is 0 Å². The summed E-state index contributed by atoms with van der Waals surface area (Å²) in [6.45, 7) is 2.17. The molecule has 0 amide bonds. The molecule has 2 nitrogen and oxygen atoms in total. The van der Waals surface area contributed by atoms with Gasteiger partial charge in [-0.05, 0) is 0 Å². The average Bonchev–Trinajstić information content (AvgIpc) is 2.22. The lowest BCUT2D eigenvalue weighted by Crippen LogP contribution is -2.31. The monoisotopic (exact) mass is 131 g/mol. The van der Waals surface area contributed by atoms with E-state index in [2.05, 4.69) is 5.32 Å². The average molecular weight is 131 g/mol. The molecule has 2 unspecified atom stereocenters. The molecule has 2 fully saturated rings. The molecule has 0 spiro atoms. The van der Waals surface area contributed by atoms with Gasteiger partial charge in [0.1, 0.15) is 0 Å². The van der Waals surface area contributed by atoms with Gasteiger partial charge in [-0.3, -0.25) is 0 Å². The van der Waals surface area contributed by atoms with Gasteiger partial charge in [0.2, 0.25) is 0 Å². The molecule has 2 saturated heterocycles. The Labute approximate surface area is 53.4 Å². The van der Waals surface area contributed by atoms with E-state index >= 15 is 0 Å². The van der Waals surface area contributed by atoms with E-state index in [1.807, 2.05) is 0 Å². The Balaban J connectivity index is 2.17. The lowest BCUT2D eigenvalue weighted by atomic mass is 9.97. The summed E-state index contributed by atoms with van der Waals surface area (Å²) in [6, 6.07) is 0. The minimum Gasteiger partial charge on any atom is -0.378 e. The van der Waals surface area contributed by atoms with E-state index in [4.69, 9.17) is 4.74 Å². The van der Waals surface area contributed by atoms with Gasteiger partial charge in [-0.25, -0.2) is 4.39 Å². The van der Waals surface area contributed by atoms with Crippen LogP contribution in [0.4, 0.5) is 4.39 Å². The van der Waals surface area contributed by atoms with Crippen LogP contribution >= 0.6 is 0 Å². The minimum atomic E-state index is -1.03. The molecule has 2 aliphatic heterocycles. The molecule has 0 radical (unpaired) electrons. The van der Waals surface area contributed by atoms with Gasteiger partial charge >= 0.3 is 0 Å². The third kappa shape index (κ3) is 0.682. The fourth-order valence-electron chi connectivity index (χ4n) is 1.53. The molecule has 3 heteroatoms. The summed E-state index contributed by atoms with van der Waals surface area (Å²) in [5, 5.41) is 3.01. The molecule has 0 aromatic rings. The van der Waals surface area contributed by atoms with Crippen LogP contribution in [0.3, 0.4) is 0 Å². The van der Waals surface area contributed by atoms with Gasteiger partial charge in [0.15, 0.2) is 5.67 Å². The van der Waals surface area contributed by atoms with E-state index in [0.29, 0.717) is 19.8 Å². The van der Waals surface area contributed by atoms with Crippen LogP contribution in [0.1, 0.15) is 0 Å². The molecule has 0 bridgehead atoms. The van der Waals surface area contributed by atoms with E-state index in [1.165, 1.54) is 0 Å². The first-order valence-corrected chi connectivity index (χ1v) is 3.29. The number of alkyl halides is 1. The van der Waals surface area contributed by atoms with Crippen molar-refractivity contribution >= 4 is 0 Å². The quantitative estimate of drug-likeness (QED) is 0.497. The van der Waals surface area contributed by atoms with E-state index in [0.717, 1.165) is 6.54 Å². The predicted molar refractivity (Wildman–Crippen MR) is 31.0 cm³/mol. The van der Waals surface area contributed by atoms with Crippen molar-refractivity contribution in [3.63, 3.8) is 0 Å². The first-order valence-electron chi connectivity index (χ1n) is 3.29. The number of hydrogen-bond donors (Lipinski definition) is 1. The van der Waals surface area contributed by atoms with Crippen LogP contribution in [0.2, 0.25) is 0 Å². The fourth-order valence-corrected chi connectivity index (χ4v) is 1.53. The maximum absolute atomic E-state index is 13.3. The molecule has 2 atom stereocenters. The highest BCUT2D eigenvalue weighted by Gasteiger charge is 2.47. The van der Waals surface area contributed by atoms with Crippen molar-refractivity contribution in [2.24, 2.45) is 5.92 Å². The van der Waals surface area contributed by atoms with E-state index in [-0.39, 0.29) is 5.92 Å². The number of nitrogens with one attached hydrogen (secondary N) is 1. The highest BCUT2D eigenvalue weighted by atomic mass is 19.1. The van der Waals surface area contributed by atoms with Crippen LogP contribution in [0.15, 0.2) is 0 Å². The summed E-state index contributed by atoms with van der Waals surface area (Å²) in [5.74, 6) is 0.123. The molecule has 0 aromatic heterocycles. The molecular formula is C6H10FNO. The van der Waals surface area contributed by atoms with Crippen molar-refractivity contribution in [1.29, 1.82) is 0 Å². The summed E-state index contributed by atoms with van der Waals surface area (Å²) in [6.07, 6.45) is 0. The van der Waals surface area contributed by atoms with Crippen molar-refractivity contribution in [3.8, 4) is 0 Å². The van der Waals surface area contributed by atoms with Gasteiger partial charge in [0, 0.05) is 19.0 Å². The summed E-state index contributed by atoms with van der Waals surface area (Å²) in [7, 11) is 0. The van der Waals surface area contributed by atoms with Crippen LogP contribution in [-0.4, -0.2) is 32.0 Å². The largest absolute Gasteiger partial charge is 0.378 e. The third-order valence-electron chi connectivity index (χ3n) is 2.20. The number of rotatable bonds is 0. The van der Waals surface area contributed by atoms with Gasteiger partial charge in [0.05, 0.1) is 13.2 Å². The molecule has 2 rings (SSSR count). The lowest BCUT2D eigenvalue weighted by Gasteiger charge is -2.13. The second-order valence-corrected chi connectivity index (χ2v) is 2.88. The molecule has 1 N–H and O–H groups in total. The Morgan fingerprint density at radius 2 is 2.56 bits per heavy atom. The van der Waals surface area contributed by atoms with Crippen LogP contribution in [0, 0.1) is 5.92 Å². The molecule has 2 heterocycles. The van der Waals surface area contributed by atoms with Crippen LogP contribution in [0.5, 0.6) is 0 Å². The molecule has 9 heavy (non-hydrogen) atoms.